The van der Waals surface area contributed by atoms with Crippen LogP contribution in [0.3, 0.4) is 0 Å². The number of carbonyl (C=O) groups excluding carboxylic acids is 1. The second-order valence-electron chi connectivity index (χ2n) is 6.01. The van der Waals surface area contributed by atoms with E-state index in [1.807, 2.05) is 0 Å². The van der Waals surface area contributed by atoms with Gasteiger partial charge in [-0.1, -0.05) is 17.7 Å². The maximum Gasteiger partial charge on any atom is 0.259 e. The number of amides is 1. The van der Waals surface area contributed by atoms with Gasteiger partial charge in [0.25, 0.3) is 5.91 Å². The molecule has 22 heavy (non-hydrogen) atoms. The largest absolute Gasteiger partial charge is 0.492 e. The zero-order chi connectivity index (χ0) is 15.9. The lowest BCUT2D eigenvalue weighted by Crippen LogP contribution is -2.53. The molecule has 5 nitrogen and oxygen atoms in total. The maximum atomic E-state index is 12.7. The van der Waals surface area contributed by atoms with E-state index in [-0.39, 0.29) is 23.5 Å². The summed E-state index contributed by atoms with van der Waals surface area (Å²) < 4.78 is 28.3. The number of benzene rings is 1. The van der Waals surface area contributed by atoms with Crippen molar-refractivity contribution in [2.75, 3.05) is 25.2 Å². The van der Waals surface area contributed by atoms with Crippen LogP contribution < -0.4 is 4.74 Å². The minimum absolute atomic E-state index is 0.0119. The molecule has 120 valence electrons. The number of halogens is 1. The fourth-order valence-corrected chi connectivity index (χ4v) is 4.20. The van der Waals surface area contributed by atoms with E-state index in [2.05, 4.69) is 0 Å². The van der Waals surface area contributed by atoms with Crippen LogP contribution in [0.5, 0.6) is 5.75 Å². The highest BCUT2D eigenvalue weighted by Gasteiger charge is 2.39. The summed E-state index contributed by atoms with van der Waals surface area (Å²) in [6.07, 6.45) is 2.31. The van der Waals surface area contributed by atoms with E-state index in [1.165, 1.54) is 4.90 Å². The molecule has 1 heterocycles. The minimum Gasteiger partial charge on any atom is -0.492 e. The first kappa shape index (κ1) is 15.6. The van der Waals surface area contributed by atoms with Gasteiger partial charge >= 0.3 is 0 Å². The van der Waals surface area contributed by atoms with Gasteiger partial charge in [0.15, 0.2) is 9.84 Å². The lowest BCUT2D eigenvalue weighted by atomic mass is 10.1. The molecule has 1 amide bonds. The fraction of sp³-hybridized carbons (Fsp3) is 0.533. The third-order valence-corrected chi connectivity index (χ3v) is 6.22. The topological polar surface area (TPSA) is 63.7 Å². The number of ether oxygens (including phenoxy) is 1. The highest BCUT2D eigenvalue weighted by atomic mass is 35.5. The molecule has 2 aliphatic rings. The Morgan fingerprint density at radius 3 is 2.64 bits per heavy atom. The van der Waals surface area contributed by atoms with Crippen molar-refractivity contribution in [2.45, 2.75) is 18.9 Å². The first-order valence-electron chi connectivity index (χ1n) is 7.26. The van der Waals surface area contributed by atoms with E-state index in [0.717, 1.165) is 12.8 Å². The molecule has 1 saturated heterocycles. The molecule has 0 bridgehead atoms. The van der Waals surface area contributed by atoms with Crippen LogP contribution in [0.1, 0.15) is 23.2 Å². The molecule has 0 spiro atoms. The van der Waals surface area contributed by atoms with Crippen LogP contribution in [0.4, 0.5) is 0 Å². The molecule has 0 aromatic heterocycles. The summed E-state index contributed by atoms with van der Waals surface area (Å²) in [7, 11) is -1.38. The molecule has 0 unspecified atom stereocenters. The van der Waals surface area contributed by atoms with E-state index in [4.69, 9.17) is 16.3 Å². The Morgan fingerprint density at radius 1 is 1.36 bits per heavy atom. The lowest BCUT2D eigenvalue weighted by Gasteiger charge is -2.34. The second kappa shape index (κ2) is 5.74. The summed E-state index contributed by atoms with van der Waals surface area (Å²) in [5.41, 5.74) is 0.316. The monoisotopic (exact) mass is 343 g/mol. The van der Waals surface area contributed by atoms with Crippen molar-refractivity contribution in [1.29, 1.82) is 0 Å². The van der Waals surface area contributed by atoms with Gasteiger partial charge in [0.2, 0.25) is 0 Å². The van der Waals surface area contributed by atoms with Crippen LogP contribution in [0.25, 0.3) is 0 Å². The van der Waals surface area contributed by atoms with Crippen LogP contribution in [0.2, 0.25) is 5.02 Å². The molecule has 0 radical (unpaired) electrons. The zero-order valence-corrected chi connectivity index (χ0v) is 13.9. The van der Waals surface area contributed by atoms with E-state index in [9.17, 15) is 13.2 Å². The quantitative estimate of drug-likeness (QED) is 0.820. The first-order valence-corrected chi connectivity index (χ1v) is 9.46. The Labute approximate surface area is 135 Å². The van der Waals surface area contributed by atoms with Gasteiger partial charge in [-0.2, -0.15) is 0 Å². The number of carbonyl (C=O) groups is 1. The summed E-state index contributed by atoms with van der Waals surface area (Å²) in [6, 6.07) is 4.83. The Kier molecular flexibility index (Phi) is 4.07. The average Bonchev–Trinajstić information content (AvgIpc) is 3.25. The van der Waals surface area contributed by atoms with Gasteiger partial charge in [-0.15, -0.1) is 0 Å². The van der Waals surface area contributed by atoms with Gasteiger partial charge in [0.1, 0.15) is 11.3 Å². The highest BCUT2D eigenvalue weighted by Crippen LogP contribution is 2.33. The summed E-state index contributed by atoms with van der Waals surface area (Å²) in [5.74, 6) is 0.766. The van der Waals surface area contributed by atoms with E-state index in [1.54, 1.807) is 25.2 Å². The van der Waals surface area contributed by atoms with E-state index >= 15 is 0 Å². The first-order chi connectivity index (χ1) is 10.4. The molecule has 1 saturated carbocycles. The summed E-state index contributed by atoms with van der Waals surface area (Å²) in [5, 5.41) is 0.326. The third-order valence-electron chi connectivity index (χ3n) is 4.12. The van der Waals surface area contributed by atoms with Crippen molar-refractivity contribution in [1.82, 2.24) is 4.90 Å². The minimum atomic E-state index is -2.98. The lowest BCUT2D eigenvalue weighted by molar-refractivity contribution is 0.0745. The molecular formula is C15H18ClNO4S. The number of nitrogens with zero attached hydrogens (tertiary/aromatic N) is 1. The zero-order valence-electron chi connectivity index (χ0n) is 12.3. The maximum absolute atomic E-state index is 12.7. The van der Waals surface area contributed by atoms with Crippen molar-refractivity contribution >= 4 is 27.3 Å². The van der Waals surface area contributed by atoms with Crippen LogP contribution in [-0.4, -0.2) is 50.4 Å². The van der Waals surface area contributed by atoms with Gasteiger partial charge in [0.05, 0.1) is 29.2 Å². The number of sulfone groups is 1. The summed E-state index contributed by atoms with van der Waals surface area (Å²) >= 11 is 6.18. The third kappa shape index (κ3) is 3.22. The van der Waals surface area contributed by atoms with Crippen LogP contribution >= 0.6 is 11.6 Å². The summed E-state index contributed by atoms with van der Waals surface area (Å²) in [6.45, 7) is 0.585. The van der Waals surface area contributed by atoms with E-state index in [0.29, 0.717) is 28.9 Å². The number of hydrogen-bond acceptors (Lipinski definition) is 4. The molecule has 1 aromatic carbocycles. The number of rotatable bonds is 5. The highest BCUT2D eigenvalue weighted by molar-refractivity contribution is 7.92. The van der Waals surface area contributed by atoms with Crippen molar-refractivity contribution in [2.24, 2.45) is 5.92 Å². The average molecular weight is 344 g/mol. The van der Waals surface area contributed by atoms with E-state index < -0.39 is 9.84 Å². The van der Waals surface area contributed by atoms with Crippen LogP contribution in [-0.2, 0) is 9.84 Å². The predicted octanol–water partition coefficient (Wildman–Crippen LogP) is 2.00. The van der Waals surface area contributed by atoms with Crippen LogP contribution in [0, 0.1) is 5.92 Å². The molecule has 0 atom stereocenters. The molecule has 1 aromatic rings. The molecule has 3 rings (SSSR count). The van der Waals surface area contributed by atoms with Crippen molar-refractivity contribution in [3.63, 3.8) is 0 Å². The van der Waals surface area contributed by atoms with Gasteiger partial charge < -0.3 is 9.64 Å². The van der Waals surface area contributed by atoms with Gasteiger partial charge in [-0.3, -0.25) is 4.79 Å². The molecular weight excluding hydrogens is 326 g/mol. The molecule has 1 aliphatic carbocycles. The Morgan fingerprint density at radius 2 is 2.05 bits per heavy atom. The van der Waals surface area contributed by atoms with Crippen LogP contribution in [0.15, 0.2) is 18.2 Å². The smallest absolute Gasteiger partial charge is 0.259 e. The van der Waals surface area contributed by atoms with Gasteiger partial charge in [-0.25, -0.2) is 8.42 Å². The van der Waals surface area contributed by atoms with Crippen molar-refractivity contribution < 1.29 is 17.9 Å². The molecule has 7 heteroatoms. The molecule has 1 aliphatic heterocycles. The van der Waals surface area contributed by atoms with Crippen molar-refractivity contribution in [3.8, 4) is 5.75 Å². The summed E-state index contributed by atoms with van der Waals surface area (Å²) in [4.78, 5) is 14.1. The SMILES string of the molecule is CN(C(=O)c1c(Cl)cccc1OCC1CC1)C1CS(=O)(=O)C1. The normalized spacial score (nSPS) is 20.3. The van der Waals surface area contributed by atoms with Crippen molar-refractivity contribution in [3.05, 3.63) is 28.8 Å². The van der Waals surface area contributed by atoms with Gasteiger partial charge in [0, 0.05) is 7.05 Å². The Hall–Kier alpha value is -1.27. The predicted molar refractivity (Wildman–Crippen MR) is 84.2 cm³/mol. The Bertz CT molecular complexity index is 687. The van der Waals surface area contributed by atoms with Gasteiger partial charge in [-0.05, 0) is 30.9 Å². The molecule has 0 N–H and O–H groups in total. The standard InChI is InChI=1S/C15H18ClNO4S/c1-17(11-8-22(19,20)9-11)15(18)14-12(16)3-2-4-13(14)21-7-10-5-6-10/h2-4,10-11H,5-9H2,1H3. The Balaban J connectivity index is 1.78. The second-order valence-corrected chi connectivity index (χ2v) is 8.58. The number of hydrogen-bond donors (Lipinski definition) is 0. The molecule has 2 fully saturated rings. The fourth-order valence-electron chi connectivity index (χ4n) is 2.43.